The number of halogens is 4. The molecule has 1 N–H and O–H groups in total. The molecule has 0 aliphatic heterocycles. The number of nitrogens with one attached hydrogen (secondary N) is 1. The minimum atomic E-state index is -4.10. The van der Waals surface area contributed by atoms with Crippen molar-refractivity contribution >= 4 is 11.3 Å². The molecule has 0 aromatic carbocycles. The van der Waals surface area contributed by atoms with Crippen LogP contribution in [0.5, 0.6) is 0 Å². The molecule has 0 saturated carbocycles. The fourth-order valence-corrected chi connectivity index (χ4v) is 2.20. The van der Waals surface area contributed by atoms with Gasteiger partial charge in [0.2, 0.25) is 0 Å². The van der Waals surface area contributed by atoms with Gasteiger partial charge in [-0.05, 0) is 13.0 Å². The van der Waals surface area contributed by atoms with E-state index in [4.69, 9.17) is 4.74 Å². The third-order valence-electron chi connectivity index (χ3n) is 2.55. The maximum absolute atomic E-state index is 12.7. The van der Waals surface area contributed by atoms with Crippen LogP contribution >= 0.6 is 11.3 Å². The number of nitrogens with zero attached hydrogens (tertiary/aromatic N) is 1. The number of ether oxygens (including phenoxy) is 1. The molecular formula is C12H18F4N2OS. The van der Waals surface area contributed by atoms with Crippen molar-refractivity contribution < 1.29 is 22.3 Å². The Kier molecular flexibility index (Phi) is 7.39. The number of rotatable bonds is 10. The molecule has 1 rings (SSSR count). The average Bonchev–Trinajstić information content (AvgIpc) is 2.88. The monoisotopic (exact) mass is 314 g/mol. The smallest absolute Gasteiger partial charge is 0.330 e. The predicted octanol–water partition coefficient (Wildman–Crippen LogP) is 2.97. The number of aromatic nitrogens is 1. The molecule has 0 fully saturated rings. The second-order valence-electron chi connectivity index (χ2n) is 4.40. The van der Waals surface area contributed by atoms with Crippen LogP contribution < -0.4 is 5.32 Å². The molecule has 0 amide bonds. The quantitative estimate of drug-likeness (QED) is 0.674. The average molecular weight is 314 g/mol. The second kappa shape index (κ2) is 8.53. The zero-order chi connectivity index (χ0) is 15.0. The molecule has 116 valence electrons. The first-order valence-electron chi connectivity index (χ1n) is 6.30. The van der Waals surface area contributed by atoms with Crippen LogP contribution in [0.3, 0.4) is 0 Å². The number of hydrogen-bond donors (Lipinski definition) is 1. The van der Waals surface area contributed by atoms with Crippen molar-refractivity contribution in [1.82, 2.24) is 10.3 Å². The minimum Gasteiger partial charge on any atom is -0.373 e. The van der Waals surface area contributed by atoms with Crippen molar-refractivity contribution in [3.05, 3.63) is 16.6 Å². The number of thiazole rings is 1. The Hall–Kier alpha value is -0.730. The Morgan fingerprint density at radius 2 is 2.20 bits per heavy atom. The van der Waals surface area contributed by atoms with E-state index in [0.717, 1.165) is 11.3 Å². The van der Waals surface area contributed by atoms with Gasteiger partial charge in [-0.1, -0.05) is 6.92 Å². The lowest BCUT2D eigenvalue weighted by atomic mass is 10.2. The minimum absolute atomic E-state index is 0.0415. The van der Waals surface area contributed by atoms with Gasteiger partial charge in [0.15, 0.2) is 0 Å². The van der Waals surface area contributed by atoms with E-state index in [9.17, 15) is 17.6 Å². The molecule has 1 aromatic rings. The highest BCUT2D eigenvalue weighted by Gasteiger charge is 2.41. The Labute approximate surface area is 119 Å². The van der Waals surface area contributed by atoms with E-state index < -0.39 is 19.0 Å². The van der Waals surface area contributed by atoms with Gasteiger partial charge in [0.25, 0.3) is 0 Å². The van der Waals surface area contributed by atoms with E-state index in [2.05, 4.69) is 10.3 Å². The molecule has 0 radical (unpaired) electrons. The Morgan fingerprint density at radius 1 is 1.45 bits per heavy atom. The molecule has 1 aromatic heterocycles. The molecular weight excluding hydrogens is 296 g/mol. The number of hydrogen-bond acceptors (Lipinski definition) is 4. The zero-order valence-electron chi connectivity index (χ0n) is 11.1. The molecule has 1 atom stereocenters. The molecule has 0 aliphatic rings. The SMILES string of the molecule is CCCNC(COCC(F)(F)C(F)F)Cc1cncs1. The van der Waals surface area contributed by atoms with E-state index in [0.29, 0.717) is 13.0 Å². The van der Waals surface area contributed by atoms with Gasteiger partial charge in [-0.15, -0.1) is 11.3 Å². The van der Waals surface area contributed by atoms with Crippen LogP contribution in [-0.4, -0.2) is 43.1 Å². The summed E-state index contributed by atoms with van der Waals surface area (Å²) in [5.41, 5.74) is 1.68. The summed E-state index contributed by atoms with van der Waals surface area (Å²) < 4.78 is 54.2. The van der Waals surface area contributed by atoms with Gasteiger partial charge in [-0.25, -0.2) is 8.78 Å². The van der Waals surface area contributed by atoms with Crippen molar-refractivity contribution in [2.24, 2.45) is 0 Å². The molecule has 0 bridgehead atoms. The van der Waals surface area contributed by atoms with Gasteiger partial charge in [0.1, 0.15) is 6.61 Å². The van der Waals surface area contributed by atoms with Gasteiger partial charge in [0, 0.05) is 23.5 Å². The molecule has 1 unspecified atom stereocenters. The van der Waals surface area contributed by atoms with Crippen LogP contribution in [0.1, 0.15) is 18.2 Å². The van der Waals surface area contributed by atoms with Gasteiger partial charge in [0.05, 0.1) is 12.1 Å². The van der Waals surface area contributed by atoms with Gasteiger partial charge < -0.3 is 10.1 Å². The molecule has 0 saturated heterocycles. The third-order valence-corrected chi connectivity index (χ3v) is 3.35. The van der Waals surface area contributed by atoms with E-state index in [1.165, 1.54) is 11.3 Å². The molecule has 20 heavy (non-hydrogen) atoms. The van der Waals surface area contributed by atoms with E-state index in [1.807, 2.05) is 6.92 Å². The van der Waals surface area contributed by atoms with Gasteiger partial charge in [-0.2, -0.15) is 8.78 Å². The first-order chi connectivity index (χ1) is 9.45. The largest absolute Gasteiger partial charge is 0.373 e. The molecule has 0 spiro atoms. The standard InChI is InChI=1S/C12H18F4N2OS/c1-2-3-18-9(4-10-5-17-8-20-10)6-19-7-12(15,16)11(13)14/h5,8-9,11,18H,2-4,6-7H2,1H3. The third kappa shape index (κ3) is 6.15. The van der Waals surface area contributed by atoms with Gasteiger partial charge in [-0.3, -0.25) is 4.98 Å². The summed E-state index contributed by atoms with van der Waals surface area (Å²) in [7, 11) is 0. The summed E-state index contributed by atoms with van der Waals surface area (Å²) >= 11 is 1.45. The van der Waals surface area contributed by atoms with E-state index in [1.54, 1.807) is 11.7 Å². The fourth-order valence-electron chi connectivity index (χ4n) is 1.52. The number of alkyl halides is 4. The van der Waals surface area contributed by atoms with E-state index >= 15 is 0 Å². The lowest BCUT2D eigenvalue weighted by Crippen LogP contribution is -2.39. The summed E-state index contributed by atoms with van der Waals surface area (Å²) in [5.74, 6) is -4.10. The zero-order valence-corrected chi connectivity index (χ0v) is 11.9. The molecule has 3 nitrogen and oxygen atoms in total. The second-order valence-corrected chi connectivity index (χ2v) is 5.37. The van der Waals surface area contributed by atoms with Crippen LogP contribution in [-0.2, 0) is 11.2 Å². The van der Waals surface area contributed by atoms with Gasteiger partial charge >= 0.3 is 12.3 Å². The van der Waals surface area contributed by atoms with Crippen LogP contribution in [0.15, 0.2) is 11.7 Å². The van der Waals surface area contributed by atoms with Crippen LogP contribution in [0.25, 0.3) is 0 Å². The first kappa shape index (κ1) is 17.3. The van der Waals surface area contributed by atoms with Crippen LogP contribution in [0.2, 0.25) is 0 Å². The normalized spacial score (nSPS) is 13.9. The van der Waals surface area contributed by atoms with Crippen molar-refractivity contribution in [2.75, 3.05) is 19.8 Å². The van der Waals surface area contributed by atoms with Crippen LogP contribution in [0, 0.1) is 0 Å². The Morgan fingerprint density at radius 3 is 2.75 bits per heavy atom. The molecule has 8 heteroatoms. The summed E-state index contributed by atoms with van der Waals surface area (Å²) in [6.07, 6.45) is -0.554. The molecule has 0 aliphatic carbocycles. The maximum Gasteiger partial charge on any atom is 0.330 e. The summed E-state index contributed by atoms with van der Waals surface area (Å²) in [4.78, 5) is 4.92. The highest BCUT2D eigenvalue weighted by atomic mass is 32.1. The maximum atomic E-state index is 12.7. The summed E-state index contributed by atoms with van der Waals surface area (Å²) in [6.45, 7) is 1.37. The van der Waals surface area contributed by atoms with Crippen molar-refractivity contribution in [3.63, 3.8) is 0 Å². The van der Waals surface area contributed by atoms with Crippen LogP contribution in [0.4, 0.5) is 17.6 Å². The highest BCUT2D eigenvalue weighted by molar-refractivity contribution is 7.09. The summed E-state index contributed by atoms with van der Waals surface area (Å²) in [6, 6.07) is -0.191. The summed E-state index contributed by atoms with van der Waals surface area (Å²) in [5, 5.41) is 3.14. The lowest BCUT2D eigenvalue weighted by Gasteiger charge is -2.20. The lowest BCUT2D eigenvalue weighted by molar-refractivity contribution is -0.167. The predicted molar refractivity (Wildman–Crippen MR) is 69.7 cm³/mol. The molecule has 1 heterocycles. The Balaban J connectivity index is 2.40. The topological polar surface area (TPSA) is 34.1 Å². The first-order valence-corrected chi connectivity index (χ1v) is 7.18. The highest BCUT2D eigenvalue weighted by Crippen LogP contribution is 2.23. The van der Waals surface area contributed by atoms with Crippen molar-refractivity contribution in [3.8, 4) is 0 Å². The van der Waals surface area contributed by atoms with E-state index in [-0.39, 0.29) is 12.6 Å². The fraction of sp³-hybridized carbons (Fsp3) is 0.750. The van der Waals surface area contributed by atoms with Crippen molar-refractivity contribution in [1.29, 1.82) is 0 Å². The van der Waals surface area contributed by atoms with Crippen molar-refractivity contribution in [2.45, 2.75) is 38.2 Å². The Bertz CT molecular complexity index is 362.